The van der Waals surface area contributed by atoms with Gasteiger partial charge < -0.3 is 20.7 Å². The van der Waals surface area contributed by atoms with E-state index in [0.717, 1.165) is 0 Å². The lowest BCUT2D eigenvalue weighted by Gasteiger charge is -2.31. The number of carbonyl (C=O) groups excluding carboxylic acids is 3. The number of carbonyl (C=O) groups is 3. The summed E-state index contributed by atoms with van der Waals surface area (Å²) >= 11 is 5.96. The zero-order chi connectivity index (χ0) is 22.4. The second kappa shape index (κ2) is 10.4. The van der Waals surface area contributed by atoms with Gasteiger partial charge in [0, 0.05) is 29.6 Å². The minimum Gasteiger partial charge on any atom is -0.482 e. The number of Topliss-reactive ketones (excluding diaryl/α,β-unsaturated/α-hetero) is 1. The van der Waals surface area contributed by atoms with E-state index in [2.05, 4.69) is 5.32 Å². The molecule has 1 saturated heterocycles. The van der Waals surface area contributed by atoms with Crippen LogP contribution in [0.2, 0.25) is 5.02 Å². The lowest BCUT2D eigenvalue weighted by Crippen LogP contribution is -2.42. The van der Waals surface area contributed by atoms with Gasteiger partial charge >= 0.3 is 0 Å². The minimum absolute atomic E-state index is 0.0372. The van der Waals surface area contributed by atoms with E-state index in [0.29, 0.717) is 48.0 Å². The van der Waals surface area contributed by atoms with E-state index in [1.54, 1.807) is 17.0 Å². The molecule has 2 aromatic rings. The van der Waals surface area contributed by atoms with Crippen molar-refractivity contribution in [3.8, 4) is 5.75 Å². The fraction of sp³-hybridized carbons (Fsp3) is 0.318. The fourth-order valence-corrected chi connectivity index (χ4v) is 3.57. The summed E-state index contributed by atoms with van der Waals surface area (Å²) in [6.07, 6.45) is 1.06. The molecule has 164 valence electrons. The SMILES string of the molecule is NCC(=O)Nc1cc(Cl)ccc1OCC(=O)N1CCC(C(=O)c2ccc(F)cc2)CC1. The third kappa shape index (κ3) is 6.02. The van der Waals surface area contributed by atoms with Gasteiger partial charge in [-0.1, -0.05) is 11.6 Å². The van der Waals surface area contributed by atoms with Gasteiger partial charge in [-0.15, -0.1) is 0 Å². The van der Waals surface area contributed by atoms with Gasteiger partial charge in [0.15, 0.2) is 12.4 Å². The van der Waals surface area contributed by atoms with Crippen LogP contribution >= 0.6 is 11.6 Å². The van der Waals surface area contributed by atoms with Gasteiger partial charge in [-0.3, -0.25) is 14.4 Å². The first-order valence-electron chi connectivity index (χ1n) is 9.87. The zero-order valence-electron chi connectivity index (χ0n) is 16.8. The number of halogens is 2. The van der Waals surface area contributed by atoms with Gasteiger partial charge in [0.25, 0.3) is 5.91 Å². The van der Waals surface area contributed by atoms with Gasteiger partial charge in [0.2, 0.25) is 5.91 Å². The van der Waals surface area contributed by atoms with E-state index in [4.69, 9.17) is 22.1 Å². The molecule has 7 nitrogen and oxygen atoms in total. The van der Waals surface area contributed by atoms with Crippen LogP contribution in [0, 0.1) is 11.7 Å². The molecule has 1 fully saturated rings. The number of amides is 2. The predicted molar refractivity (Wildman–Crippen MR) is 115 cm³/mol. The number of likely N-dealkylation sites (tertiary alicyclic amines) is 1. The number of ether oxygens (including phenoxy) is 1. The number of ketones is 1. The molecule has 0 radical (unpaired) electrons. The molecule has 0 atom stereocenters. The standard InChI is InChI=1S/C22H23ClFN3O4/c23-16-3-6-19(18(11-16)26-20(28)12-25)31-13-21(29)27-9-7-15(8-10-27)22(30)14-1-4-17(24)5-2-14/h1-6,11,15H,7-10,12-13,25H2,(H,26,28). The summed E-state index contributed by atoms with van der Waals surface area (Å²) in [5.74, 6) is -0.955. The van der Waals surface area contributed by atoms with Crippen LogP contribution in [0.1, 0.15) is 23.2 Å². The lowest BCUT2D eigenvalue weighted by molar-refractivity contribution is -0.134. The number of anilines is 1. The number of piperidine rings is 1. The van der Waals surface area contributed by atoms with Gasteiger partial charge in [-0.2, -0.15) is 0 Å². The molecule has 1 aliphatic rings. The Morgan fingerprint density at radius 1 is 1.13 bits per heavy atom. The number of rotatable bonds is 7. The monoisotopic (exact) mass is 447 g/mol. The van der Waals surface area contributed by atoms with Crippen molar-refractivity contribution in [3.05, 3.63) is 58.9 Å². The zero-order valence-corrected chi connectivity index (χ0v) is 17.5. The number of hydrogen-bond donors (Lipinski definition) is 2. The van der Waals surface area contributed by atoms with Crippen molar-refractivity contribution in [2.45, 2.75) is 12.8 Å². The highest BCUT2D eigenvalue weighted by Gasteiger charge is 2.28. The molecule has 0 aromatic heterocycles. The minimum atomic E-state index is -0.411. The maximum atomic E-state index is 13.1. The van der Waals surface area contributed by atoms with Crippen LogP contribution in [0.15, 0.2) is 42.5 Å². The molecular weight excluding hydrogens is 425 g/mol. The summed E-state index contributed by atoms with van der Waals surface area (Å²) in [6, 6.07) is 10.2. The fourth-order valence-electron chi connectivity index (χ4n) is 3.40. The largest absolute Gasteiger partial charge is 0.482 e. The Morgan fingerprint density at radius 2 is 1.81 bits per heavy atom. The summed E-state index contributed by atoms with van der Waals surface area (Å²) in [4.78, 5) is 38.3. The second-order valence-corrected chi connectivity index (χ2v) is 7.64. The van der Waals surface area contributed by atoms with Gasteiger partial charge in [-0.25, -0.2) is 4.39 Å². The van der Waals surface area contributed by atoms with Crippen LogP contribution < -0.4 is 15.8 Å². The molecule has 0 saturated carbocycles. The van der Waals surface area contributed by atoms with Crippen LogP contribution in [0.4, 0.5) is 10.1 Å². The Morgan fingerprint density at radius 3 is 2.45 bits per heavy atom. The van der Waals surface area contributed by atoms with E-state index < -0.39 is 5.91 Å². The Bertz CT molecular complexity index is 960. The van der Waals surface area contributed by atoms with E-state index in [1.807, 2.05) is 0 Å². The topological polar surface area (TPSA) is 102 Å². The summed E-state index contributed by atoms with van der Waals surface area (Å²) in [6.45, 7) is 0.439. The van der Waals surface area contributed by atoms with E-state index in [-0.39, 0.29) is 36.6 Å². The third-order valence-corrected chi connectivity index (χ3v) is 5.33. The maximum Gasteiger partial charge on any atom is 0.260 e. The molecule has 3 N–H and O–H groups in total. The first-order valence-corrected chi connectivity index (χ1v) is 10.2. The molecule has 1 aliphatic heterocycles. The average molecular weight is 448 g/mol. The Balaban J connectivity index is 1.53. The summed E-state index contributed by atoms with van der Waals surface area (Å²) in [5.41, 5.74) is 6.13. The number of benzene rings is 2. The number of nitrogens with two attached hydrogens (primary N) is 1. The molecule has 1 heterocycles. The average Bonchev–Trinajstić information content (AvgIpc) is 2.78. The van der Waals surface area contributed by atoms with Crippen molar-refractivity contribution >= 4 is 34.9 Å². The quantitative estimate of drug-likeness (QED) is 0.635. The van der Waals surface area contributed by atoms with Crippen molar-refractivity contribution < 1.29 is 23.5 Å². The molecular formula is C22H23ClFN3O4. The van der Waals surface area contributed by atoms with Crippen molar-refractivity contribution in [3.63, 3.8) is 0 Å². The molecule has 0 spiro atoms. The lowest BCUT2D eigenvalue weighted by atomic mass is 9.89. The van der Waals surface area contributed by atoms with Crippen LogP contribution in [0.25, 0.3) is 0 Å². The van der Waals surface area contributed by atoms with Crippen molar-refractivity contribution in [2.24, 2.45) is 11.7 Å². The smallest absolute Gasteiger partial charge is 0.260 e. The first kappa shape index (κ1) is 22.7. The highest BCUT2D eigenvalue weighted by atomic mass is 35.5. The molecule has 2 amide bonds. The molecule has 9 heteroatoms. The Kier molecular flexibility index (Phi) is 7.59. The Hall–Kier alpha value is -2.97. The van der Waals surface area contributed by atoms with Gasteiger partial charge in [0.1, 0.15) is 11.6 Å². The number of nitrogens with zero attached hydrogens (tertiary/aromatic N) is 1. The molecule has 3 rings (SSSR count). The van der Waals surface area contributed by atoms with Crippen LogP contribution in [-0.4, -0.2) is 48.7 Å². The highest BCUT2D eigenvalue weighted by Crippen LogP contribution is 2.28. The van der Waals surface area contributed by atoms with E-state index in [9.17, 15) is 18.8 Å². The van der Waals surface area contributed by atoms with Crippen molar-refractivity contribution in [1.82, 2.24) is 4.90 Å². The summed E-state index contributed by atoms with van der Waals surface area (Å²) < 4.78 is 18.7. The molecule has 0 unspecified atom stereocenters. The third-order valence-electron chi connectivity index (χ3n) is 5.10. The Labute approximate surface area is 184 Å². The van der Waals surface area contributed by atoms with Crippen molar-refractivity contribution in [1.29, 1.82) is 0 Å². The van der Waals surface area contributed by atoms with E-state index >= 15 is 0 Å². The summed E-state index contributed by atoms with van der Waals surface area (Å²) in [7, 11) is 0. The normalized spacial score (nSPS) is 14.2. The molecule has 0 aliphatic carbocycles. The van der Waals surface area contributed by atoms with Crippen LogP contribution in [0.3, 0.4) is 0 Å². The van der Waals surface area contributed by atoms with Crippen molar-refractivity contribution in [2.75, 3.05) is 31.6 Å². The first-order chi connectivity index (χ1) is 14.9. The van der Waals surface area contributed by atoms with Crippen LogP contribution in [-0.2, 0) is 9.59 Å². The number of nitrogens with one attached hydrogen (secondary N) is 1. The predicted octanol–water partition coefficient (Wildman–Crippen LogP) is 2.88. The second-order valence-electron chi connectivity index (χ2n) is 7.21. The number of hydrogen-bond acceptors (Lipinski definition) is 5. The van der Waals surface area contributed by atoms with Gasteiger partial charge in [-0.05, 0) is 55.3 Å². The summed E-state index contributed by atoms with van der Waals surface area (Å²) in [5, 5.41) is 2.98. The molecule has 0 bridgehead atoms. The van der Waals surface area contributed by atoms with E-state index in [1.165, 1.54) is 30.3 Å². The highest BCUT2D eigenvalue weighted by molar-refractivity contribution is 6.31. The van der Waals surface area contributed by atoms with Crippen LogP contribution in [0.5, 0.6) is 5.75 Å². The molecule has 2 aromatic carbocycles. The maximum absolute atomic E-state index is 13.1. The molecule has 31 heavy (non-hydrogen) atoms. The van der Waals surface area contributed by atoms with Gasteiger partial charge in [0.05, 0.1) is 12.2 Å².